The van der Waals surface area contributed by atoms with Gasteiger partial charge in [0.15, 0.2) is 0 Å². The highest BCUT2D eigenvalue weighted by Gasteiger charge is 2.34. The maximum atomic E-state index is 11.8. The zero-order valence-electron chi connectivity index (χ0n) is 11.2. The fraction of sp³-hybridized carbons (Fsp3) is 0.312. The Morgan fingerprint density at radius 3 is 2.75 bits per heavy atom. The predicted molar refractivity (Wildman–Crippen MR) is 74.7 cm³/mol. The van der Waals surface area contributed by atoms with Crippen LogP contribution in [0.4, 0.5) is 0 Å². The number of aliphatic hydroxyl groups is 1. The maximum absolute atomic E-state index is 11.8. The van der Waals surface area contributed by atoms with Crippen molar-refractivity contribution in [2.75, 3.05) is 6.61 Å². The van der Waals surface area contributed by atoms with E-state index in [0.29, 0.717) is 18.4 Å². The van der Waals surface area contributed by atoms with Gasteiger partial charge in [0.05, 0.1) is 6.61 Å². The highest BCUT2D eigenvalue weighted by atomic mass is 16.6. The number of aliphatic hydroxyl groups excluding tert-OH is 1. The second-order valence-electron chi connectivity index (χ2n) is 4.55. The van der Waals surface area contributed by atoms with Crippen molar-refractivity contribution in [3.8, 4) is 0 Å². The molecular weight excluding hydrogens is 256 g/mol. The molecule has 0 spiro atoms. The Balaban J connectivity index is 2.06. The average Bonchev–Trinajstić information content (AvgIpc) is 2.79. The second kappa shape index (κ2) is 6.91. The third kappa shape index (κ3) is 3.27. The number of rotatable bonds is 7. The Labute approximate surface area is 118 Å². The van der Waals surface area contributed by atoms with E-state index in [1.807, 2.05) is 30.3 Å². The van der Waals surface area contributed by atoms with Crippen molar-refractivity contribution >= 4 is 5.97 Å². The Morgan fingerprint density at radius 1 is 1.35 bits per heavy atom. The number of hydrogen-bond acceptors (Lipinski definition) is 4. The van der Waals surface area contributed by atoms with E-state index in [1.165, 1.54) is 0 Å². The van der Waals surface area contributed by atoms with Gasteiger partial charge in [-0.1, -0.05) is 36.4 Å². The van der Waals surface area contributed by atoms with Crippen molar-refractivity contribution in [2.24, 2.45) is 0 Å². The molecule has 0 fully saturated rings. The first-order valence-corrected chi connectivity index (χ1v) is 6.58. The van der Waals surface area contributed by atoms with E-state index in [9.17, 15) is 9.90 Å². The van der Waals surface area contributed by atoms with Crippen LogP contribution in [0.15, 0.2) is 54.3 Å². The van der Waals surface area contributed by atoms with E-state index >= 15 is 0 Å². The van der Waals surface area contributed by atoms with Gasteiger partial charge in [-0.05, 0) is 18.4 Å². The number of ether oxygens (including phenoxy) is 2. The monoisotopic (exact) mass is 274 g/mol. The van der Waals surface area contributed by atoms with E-state index in [0.717, 1.165) is 5.56 Å². The number of carbonyl (C=O) groups is 1. The van der Waals surface area contributed by atoms with Gasteiger partial charge in [-0.2, -0.15) is 0 Å². The Bertz CT molecular complexity index is 504. The molecule has 1 heterocycles. The molecule has 1 N–H and O–H groups in total. The van der Waals surface area contributed by atoms with Gasteiger partial charge >= 0.3 is 5.97 Å². The van der Waals surface area contributed by atoms with Crippen LogP contribution in [0.3, 0.4) is 0 Å². The molecule has 2 rings (SSSR count). The van der Waals surface area contributed by atoms with Crippen LogP contribution in [0.5, 0.6) is 0 Å². The molecule has 0 bridgehead atoms. The highest BCUT2D eigenvalue weighted by Crippen LogP contribution is 2.27. The molecule has 1 atom stereocenters. The van der Waals surface area contributed by atoms with Gasteiger partial charge < -0.3 is 14.6 Å². The maximum Gasteiger partial charge on any atom is 0.374 e. The first kappa shape index (κ1) is 14.3. The van der Waals surface area contributed by atoms with Crippen LogP contribution in [0.1, 0.15) is 18.4 Å². The van der Waals surface area contributed by atoms with Crippen LogP contribution in [0.25, 0.3) is 0 Å². The molecule has 1 aromatic rings. The lowest BCUT2D eigenvalue weighted by atomic mass is 10.1. The lowest BCUT2D eigenvalue weighted by Gasteiger charge is -2.10. The number of benzene rings is 1. The van der Waals surface area contributed by atoms with Crippen LogP contribution in [-0.2, 0) is 20.9 Å². The molecule has 0 amide bonds. The quantitative estimate of drug-likeness (QED) is 0.612. The predicted octanol–water partition coefficient (Wildman–Crippen LogP) is 2.34. The zero-order chi connectivity index (χ0) is 14.4. The smallest absolute Gasteiger partial charge is 0.374 e. The van der Waals surface area contributed by atoms with Crippen LogP contribution in [-0.4, -0.2) is 23.8 Å². The number of hydrogen-bond donors (Lipinski definition) is 1. The summed E-state index contributed by atoms with van der Waals surface area (Å²) in [5.74, 6) is -0.357. The van der Waals surface area contributed by atoms with E-state index in [2.05, 4.69) is 6.58 Å². The van der Waals surface area contributed by atoms with Crippen LogP contribution < -0.4 is 0 Å². The molecule has 0 saturated carbocycles. The summed E-state index contributed by atoms with van der Waals surface area (Å²) in [6, 6.07) is 9.54. The second-order valence-corrected chi connectivity index (χ2v) is 4.55. The summed E-state index contributed by atoms with van der Waals surface area (Å²) in [6.07, 6.45) is 2.68. The Hall–Kier alpha value is -2.07. The van der Waals surface area contributed by atoms with E-state index in [1.54, 1.807) is 6.08 Å². The van der Waals surface area contributed by atoms with E-state index in [-0.39, 0.29) is 19.0 Å². The topological polar surface area (TPSA) is 55.8 Å². The van der Waals surface area contributed by atoms with Crippen molar-refractivity contribution in [1.82, 2.24) is 0 Å². The van der Waals surface area contributed by atoms with Crippen LogP contribution in [0.2, 0.25) is 0 Å². The van der Waals surface area contributed by atoms with Gasteiger partial charge in [-0.3, -0.25) is 0 Å². The average molecular weight is 274 g/mol. The lowest BCUT2D eigenvalue weighted by molar-refractivity contribution is -0.143. The minimum Gasteiger partial charge on any atom is -0.482 e. The molecule has 20 heavy (non-hydrogen) atoms. The molecular formula is C16H18O4. The standard InChI is InChI=1S/C16H18O4/c1-2-3-9-14-13(10-17)15(16(18)20-14)19-11-12-7-5-4-6-8-12/h2,4-8,14,17H,1,3,9-11H2. The lowest BCUT2D eigenvalue weighted by Crippen LogP contribution is -2.13. The minimum atomic E-state index is -0.501. The van der Waals surface area contributed by atoms with Gasteiger partial charge in [0.1, 0.15) is 12.7 Å². The number of allylic oxidation sites excluding steroid dienone is 1. The van der Waals surface area contributed by atoms with Crippen molar-refractivity contribution in [1.29, 1.82) is 0 Å². The molecule has 1 unspecified atom stereocenters. The summed E-state index contributed by atoms with van der Waals surface area (Å²) in [7, 11) is 0. The summed E-state index contributed by atoms with van der Waals surface area (Å²) in [6.45, 7) is 3.68. The summed E-state index contributed by atoms with van der Waals surface area (Å²) in [5.41, 5.74) is 1.48. The first-order valence-electron chi connectivity index (χ1n) is 6.58. The third-order valence-electron chi connectivity index (χ3n) is 3.14. The van der Waals surface area contributed by atoms with Crippen molar-refractivity contribution in [2.45, 2.75) is 25.6 Å². The van der Waals surface area contributed by atoms with Crippen molar-refractivity contribution in [3.63, 3.8) is 0 Å². The molecule has 1 aliphatic heterocycles. The summed E-state index contributed by atoms with van der Waals surface area (Å²) < 4.78 is 10.8. The van der Waals surface area contributed by atoms with E-state index < -0.39 is 12.1 Å². The van der Waals surface area contributed by atoms with Gasteiger partial charge in [-0.15, -0.1) is 6.58 Å². The highest BCUT2D eigenvalue weighted by molar-refractivity contribution is 5.90. The summed E-state index contributed by atoms with van der Waals surface area (Å²) in [5, 5.41) is 9.43. The molecule has 0 aliphatic carbocycles. The van der Waals surface area contributed by atoms with Crippen molar-refractivity contribution < 1.29 is 19.4 Å². The van der Waals surface area contributed by atoms with E-state index in [4.69, 9.17) is 9.47 Å². The molecule has 106 valence electrons. The number of carbonyl (C=O) groups excluding carboxylic acids is 1. The number of cyclic esters (lactones) is 1. The zero-order valence-corrected chi connectivity index (χ0v) is 11.2. The van der Waals surface area contributed by atoms with Crippen LogP contribution >= 0.6 is 0 Å². The molecule has 4 nitrogen and oxygen atoms in total. The summed E-state index contributed by atoms with van der Waals surface area (Å²) >= 11 is 0. The Morgan fingerprint density at radius 2 is 2.10 bits per heavy atom. The fourth-order valence-electron chi connectivity index (χ4n) is 2.09. The molecule has 0 aromatic heterocycles. The summed E-state index contributed by atoms with van der Waals surface area (Å²) in [4.78, 5) is 11.8. The van der Waals surface area contributed by atoms with Gasteiger partial charge in [0.2, 0.25) is 5.76 Å². The van der Waals surface area contributed by atoms with Gasteiger partial charge in [0.25, 0.3) is 0 Å². The molecule has 4 heteroatoms. The first-order chi connectivity index (χ1) is 9.76. The molecule has 0 radical (unpaired) electrons. The van der Waals surface area contributed by atoms with Crippen LogP contribution in [0, 0.1) is 0 Å². The van der Waals surface area contributed by atoms with Gasteiger partial charge in [-0.25, -0.2) is 4.79 Å². The Kier molecular flexibility index (Phi) is 4.96. The molecule has 0 saturated heterocycles. The minimum absolute atomic E-state index is 0.144. The largest absolute Gasteiger partial charge is 0.482 e. The number of esters is 1. The molecule has 1 aromatic carbocycles. The van der Waals surface area contributed by atoms with Gasteiger partial charge in [0, 0.05) is 5.57 Å². The molecule has 1 aliphatic rings. The third-order valence-corrected chi connectivity index (χ3v) is 3.14. The fourth-order valence-corrected chi connectivity index (χ4v) is 2.09. The SMILES string of the molecule is C=CCCC1OC(=O)C(OCc2ccccc2)=C1CO. The van der Waals surface area contributed by atoms with Crippen molar-refractivity contribution in [3.05, 3.63) is 59.9 Å². The normalized spacial score (nSPS) is 18.1.